The summed E-state index contributed by atoms with van der Waals surface area (Å²) < 4.78 is 10.6. The smallest absolute Gasteiger partial charge is 0.336 e. The molecule has 1 aliphatic heterocycles. The molecule has 1 aliphatic rings. The molecule has 0 fully saturated rings. The van der Waals surface area contributed by atoms with Gasteiger partial charge in [0.05, 0.1) is 5.56 Å². The molecule has 0 unspecified atom stereocenters. The molecule has 2 aromatic carbocycles. The molecule has 0 aromatic heterocycles. The lowest BCUT2D eigenvalue weighted by Crippen LogP contribution is -1.97. The molecule has 0 saturated carbocycles. The number of carboxylic acid groups (broad SMARTS) is 1. The van der Waals surface area contributed by atoms with Gasteiger partial charge in [-0.1, -0.05) is 12.1 Å². The topological polar surface area (TPSA) is 55.8 Å². The molecule has 4 heteroatoms. The zero-order valence-electron chi connectivity index (χ0n) is 8.27. The van der Waals surface area contributed by atoms with E-state index >= 15 is 0 Å². The van der Waals surface area contributed by atoms with Gasteiger partial charge in [-0.2, -0.15) is 0 Å². The second-order valence-electron chi connectivity index (χ2n) is 3.51. The molecule has 0 radical (unpaired) electrons. The van der Waals surface area contributed by atoms with Crippen LogP contribution in [0.25, 0.3) is 10.8 Å². The van der Waals surface area contributed by atoms with E-state index in [0.29, 0.717) is 16.9 Å². The highest BCUT2D eigenvalue weighted by molar-refractivity contribution is 6.06. The quantitative estimate of drug-likeness (QED) is 0.794. The van der Waals surface area contributed by atoms with Crippen molar-refractivity contribution in [2.24, 2.45) is 0 Å². The van der Waals surface area contributed by atoms with E-state index in [2.05, 4.69) is 0 Å². The average Bonchev–Trinajstić information content (AvgIpc) is 2.76. The van der Waals surface area contributed by atoms with Crippen molar-refractivity contribution in [3.63, 3.8) is 0 Å². The Labute approximate surface area is 91.0 Å². The van der Waals surface area contributed by atoms with Gasteiger partial charge in [0, 0.05) is 10.8 Å². The first-order valence-electron chi connectivity index (χ1n) is 4.82. The third-order valence-electron chi connectivity index (χ3n) is 2.62. The first-order valence-corrected chi connectivity index (χ1v) is 4.82. The fourth-order valence-electron chi connectivity index (χ4n) is 1.91. The molecular formula is C12H8O4. The highest BCUT2D eigenvalue weighted by Crippen LogP contribution is 2.39. The van der Waals surface area contributed by atoms with Crippen LogP contribution in [0.2, 0.25) is 0 Å². The van der Waals surface area contributed by atoms with Gasteiger partial charge in [-0.25, -0.2) is 4.79 Å². The number of fused-ring (bicyclic) bond motifs is 3. The Morgan fingerprint density at radius 1 is 1.12 bits per heavy atom. The second-order valence-corrected chi connectivity index (χ2v) is 3.51. The molecule has 16 heavy (non-hydrogen) atoms. The zero-order chi connectivity index (χ0) is 11.1. The highest BCUT2D eigenvalue weighted by atomic mass is 16.7. The molecule has 0 saturated heterocycles. The van der Waals surface area contributed by atoms with Crippen molar-refractivity contribution in [1.82, 2.24) is 0 Å². The summed E-state index contributed by atoms with van der Waals surface area (Å²) in [4.78, 5) is 11.0. The number of carbonyl (C=O) groups is 1. The maximum absolute atomic E-state index is 11.0. The van der Waals surface area contributed by atoms with Crippen LogP contribution in [0.5, 0.6) is 11.5 Å². The second kappa shape index (κ2) is 3.13. The molecule has 0 atom stereocenters. The van der Waals surface area contributed by atoms with E-state index < -0.39 is 5.97 Å². The molecule has 0 aliphatic carbocycles. The summed E-state index contributed by atoms with van der Waals surface area (Å²) in [5.74, 6) is 0.347. The van der Waals surface area contributed by atoms with Gasteiger partial charge in [0.1, 0.15) is 0 Å². The van der Waals surface area contributed by atoms with E-state index in [1.165, 1.54) is 0 Å². The molecule has 0 amide bonds. The van der Waals surface area contributed by atoms with Crippen molar-refractivity contribution in [2.45, 2.75) is 0 Å². The van der Waals surface area contributed by atoms with Crippen molar-refractivity contribution in [2.75, 3.05) is 6.79 Å². The number of ether oxygens (including phenoxy) is 2. The summed E-state index contributed by atoms with van der Waals surface area (Å²) in [5, 5.41) is 10.5. The third kappa shape index (κ3) is 1.13. The zero-order valence-corrected chi connectivity index (χ0v) is 8.27. The van der Waals surface area contributed by atoms with Gasteiger partial charge in [-0.3, -0.25) is 0 Å². The fraction of sp³-hybridized carbons (Fsp3) is 0.0833. The molecule has 0 spiro atoms. The molecule has 1 heterocycles. The van der Waals surface area contributed by atoms with E-state index in [1.807, 2.05) is 6.07 Å². The minimum Gasteiger partial charge on any atom is -0.478 e. The van der Waals surface area contributed by atoms with Crippen LogP contribution in [0.1, 0.15) is 10.4 Å². The van der Waals surface area contributed by atoms with Crippen LogP contribution in [0.3, 0.4) is 0 Å². The first kappa shape index (κ1) is 9.03. The average molecular weight is 216 g/mol. The minimum atomic E-state index is -0.940. The Kier molecular flexibility index (Phi) is 1.77. The standard InChI is InChI=1S/C12H8O4/c13-12(14)9-3-1-2-8-7(9)4-5-10-11(8)16-6-15-10/h1-5H,6H2,(H,13,14). The Morgan fingerprint density at radius 2 is 2.00 bits per heavy atom. The predicted octanol–water partition coefficient (Wildman–Crippen LogP) is 2.27. The molecule has 3 rings (SSSR count). The summed E-state index contributed by atoms with van der Waals surface area (Å²) in [5.41, 5.74) is 0.274. The van der Waals surface area contributed by atoms with Crippen molar-refractivity contribution in [3.05, 3.63) is 35.9 Å². The molecule has 4 nitrogen and oxygen atoms in total. The predicted molar refractivity (Wildman–Crippen MR) is 57.0 cm³/mol. The summed E-state index contributed by atoms with van der Waals surface area (Å²) in [6.45, 7) is 0.186. The summed E-state index contributed by atoms with van der Waals surface area (Å²) >= 11 is 0. The van der Waals surface area contributed by atoms with Gasteiger partial charge in [0.25, 0.3) is 0 Å². The monoisotopic (exact) mass is 216 g/mol. The summed E-state index contributed by atoms with van der Waals surface area (Å²) in [6.07, 6.45) is 0. The van der Waals surface area contributed by atoms with Crippen LogP contribution in [0.15, 0.2) is 30.3 Å². The lowest BCUT2D eigenvalue weighted by molar-refractivity contribution is 0.0699. The number of carboxylic acids is 1. The Hall–Kier alpha value is -2.23. The Balaban J connectivity index is 2.39. The maximum Gasteiger partial charge on any atom is 0.336 e. The van der Waals surface area contributed by atoms with E-state index in [1.54, 1.807) is 24.3 Å². The van der Waals surface area contributed by atoms with Gasteiger partial charge >= 0.3 is 5.97 Å². The normalized spacial score (nSPS) is 13.0. The number of aromatic carboxylic acids is 1. The van der Waals surface area contributed by atoms with E-state index in [-0.39, 0.29) is 12.4 Å². The minimum absolute atomic E-state index is 0.186. The fourth-order valence-corrected chi connectivity index (χ4v) is 1.91. The number of hydrogen-bond acceptors (Lipinski definition) is 3. The van der Waals surface area contributed by atoms with Gasteiger partial charge in [0.15, 0.2) is 11.5 Å². The van der Waals surface area contributed by atoms with Crippen molar-refractivity contribution in [1.29, 1.82) is 0 Å². The van der Waals surface area contributed by atoms with Gasteiger partial charge in [-0.05, 0) is 18.2 Å². The molecule has 0 bridgehead atoms. The Morgan fingerprint density at radius 3 is 2.81 bits per heavy atom. The first-order chi connectivity index (χ1) is 7.77. The van der Waals surface area contributed by atoms with Gasteiger partial charge in [0.2, 0.25) is 6.79 Å². The summed E-state index contributed by atoms with van der Waals surface area (Å²) in [7, 11) is 0. The SMILES string of the molecule is O=C(O)c1cccc2c3c(ccc12)OCO3. The van der Waals surface area contributed by atoms with Crippen molar-refractivity contribution >= 4 is 16.7 Å². The van der Waals surface area contributed by atoms with Crippen LogP contribution in [0.4, 0.5) is 0 Å². The Bertz CT molecular complexity index is 589. The summed E-state index contributed by atoms with van der Waals surface area (Å²) in [6, 6.07) is 8.58. The largest absolute Gasteiger partial charge is 0.478 e. The maximum atomic E-state index is 11.0. The van der Waals surface area contributed by atoms with Crippen LogP contribution in [0, 0.1) is 0 Å². The van der Waals surface area contributed by atoms with E-state index in [0.717, 1.165) is 5.39 Å². The molecule has 1 N–H and O–H groups in total. The number of rotatable bonds is 1. The molecule has 2 aromatic rings. The van der Waals surface area contributed by atoms with Crippen molar-refractivity contribution in [3.8, 4) is 11.5 Å². The van der Waals surface area contributed by atoms with E-state index in [4.69, 9.17) is 14.6 Å². The lowest BCUT2D eigenvalue weighted by atomic mass is 10.0. The molecular weight excluding hydrogens is 208 g/mol. The highest BCUT2D eigenvalue weighted by Gasteiger charge is 2.18. The lowest BCUT2D eigenvalue weighted by Gasteiger charge is -2.04. The van der Waals surface area contributed by atoms with Gasteiger partial charge < -0.3 is 14.6 Å². The van der Waals surface area contributed by atoms with Crippen LogP contribution in [-0.4, -0.2) is 17.9 Å². The van der Waals surface area contributed by atoms with Gasteiger partial charge in [-0.15, -0.1) is 0 Å². The number of hydrogen-bond donors (Lipinski definition) is 1. The van der Waals surface area contributed by atoms with Crippen LogP contribution < -0.4 is 9.47 Å². The van der Waals surface area contributed by atoms with Crippen LogP contribution >= 0.6 is 0 Å². The molecule has 80 valence electrons. The van der Waals surface area contributed by atoms with Crippen LogP contribution in [-0.2, 0) is 0 Å². The van der Waals surface area contributed by atoms with E-state index in [9.17, 15) is 4.79 Å². The van der Waals surface area contributed by atoms with Crippen molar-refractivity contribution < 1.29 is 19.4 Å². The third-order valence-corrected chi connectivity index (χ3v) is 2.62. The number of benzene rings is 2.